The number of nitrogens with one attached hydrogen (secondary N) is 2. The van der Waals surface area contributed by atoms with Crippen LogP contribution < -0.4 is 15.6 Å². The molecule has 1 amide bonds. The highest BCUT2D eigenvalue weighted by Crippen LogP contribution is 2.24. The molecule has 3 aromatic rings. The number of anilines is 1. The number of hydrogen-bond acceptors (Lipinski definition) is 5. The van der Waals surface area contributed by atoms with Gasteiger partial charge in [0.1, 0.15) is 5.75 Å². The fourth-order valence-corrected chi connectivity index (χ4v) is 3.86. The van der Waals surface area contributed by atoms with Crippen molar-refractivity contribution in [2.75, 3.05) is 18.9 Å². The number of ether oxygens (including phenoxy) is 1. The van der Waals surface area contributed by atoms with E-state index in [0.29, 0.717) is 10.9 Å². The van der Waals surface area contributed by atoms with E-state index in [2.05, 4.69) is 15.0 Å². The predicted octanol–water partition coefficient (Wildman–Crippen LogP) is 2.69. The average Bonchev–Trinajstić information content (AvgIpc) is 2.67. The summed E-state index contributed by atoms with van der Waals surface area (Å²) in [5.74, 6) is -1.15. The first kappa shape index (κ1) is 22.3. The van der Waals surface area contributed by atoms with Crippen LogP contribution in [-0.2, 0) is 14.8 Å². The maximum absolute atomic E-state index is 12.8. The van der Waals surface area contributed by atoms with Gasteiger partial charge in [0, 0.05) is 24.3 Å². The minimum Gasteiger partial charge on any atom is -0.406 e. The van der Waals surface area contributed by atoms with Crippen LogP contribution in [0.3, 0.4) is 0 Å². The molecule has 3 rings (SSSR count). The van der Waals surface area contributed by atoms with Gasteiger partial charge in [-0.1, -0.05) is 0 Å². The summed E-state index contributed by atoms with van der Waals surface area (Å²) in [6.45, 7) is -0.535. The van der Waals surface area contributed by atoms with E-state index in [0.717, 1.165) is 16.4 Å². The van der Waals surface area contributed by atoms with Gasteiger partial charge in [0.05, 0.1) is 11.4 Å². The molecule has 1 aromatic heterocycles. The molecule has 1 heterocycles. The number of aromatic amines is 1. The Bertz CT molecular complexity index is 1270. The van der Waals surface area contributed by atoms with Crippen molar-refractivity contribution in [2.45, 2.75) is 11.3 Å². The smallest absolute Gasteiger partial charge is 0.406 e. The Morgan fingerprint density at radius 2 is 1.77 bits per heavy atom. The van der Waals surface area contributed by atoms with E-state index in [-0.39, 0.29) is 16.1 Å². The number of nitrogens with zero attached hydrogens (tertiary/aromatic N) is 1. The number of carbonyl (C=O) groups is 1. The lowest BCUT2D eigenvalue weighted by Crippen LogP contribution is -2.35. The van der Waals surface area contributed by atoms with Crippen LogP contribution in [0.25, 0.3) is 10.9 Å². The van der Waals surface area contributed by atoms with Gasteiger partial charge in [-0.25, -0.2) is 8.42 Å². The van der Waals surface area contributed by atoms with Gasteiger partial charge in [0.15, 0.2) is 0 Å². The molecule has 2 N–H and O–H groups in total. The maximum atomic E-state index is 12.8. The molecule has 0 aliphatic heterocycles. The van der Waals surface area contributed by atoms with Crippen LogP contribution in [0, 0.1) is 0 Å². The lowest BCUT2D eigenvalue weighted by Gasteiger charge is -2.17. The first-order valence-electron chi connectivity index (χ1n) is 8.69. The second kappa shape index (κ2) is 8.40. The lowest BCUT2D eigenvalue weighted by molar-refractivity contribution is -0.274. The fraction of sp³-hybridized carbons (Fsp3) is 0.158. The van der Waals surface area contributed by atoms with E-state index >= 15 is 0 Å². The van der Waals surface area contributed by atoms with Crippen molar-refractivity contribution in [1.29, 1.82) is 0 Å². The predicted molar refractivity (Wildman–Crippen MR) is 106 cm³/mol. The molecular weight excluding hydrogens is 439 g/mol. The number of hydrogen-bond donors (Lipinski definition) is 2. The minimum atomic E-state index is -4.83. The van der Waals surface area contributed by atoms with Gasteiger partial charge in [0.25, 0.3) is 0 Å². The average molecular weight is 455 g/mol. The van der Waals surface area contributed by atoms with E-state index < -0.39 is 34.6 Å². The Hall–Kier alpha value is -3.38. The van der Waals surface area contributed by atoms with Crippen molar-refractivity contribution < 1.29 is 31.1 Å². The summed E-state index contributed by atoms with van der Waals surface area (Å²) in [5.41, 5.74) is 0.305. The maximum Gasteiger partial charge on any atom is 0.573 e. The lowest BCUT2D eigenvalue weighted by atomic mass is 10.2. The van der Waals surface area contributed by atoms with Crippen LogP contribution in [0.15, 0.2) is 64.3 Å². The SMILES string of the molecule is CN(CC(=O)Nc1ccc(OC(F)(F)F)cc1)S(=O)(=O)c1ccc2[nH]c(=O)ccc2c1. The van der Waals surface area contributed by atoms with E-state index in [4.69, 9.17) is 0 Å². The van der Waals surface area contributed by atoms with Gasteiger partial charge in [-0.2, -0.15) is 4.31 Å². The molecular formula is C19H16F3N3O5S. The van der Waals surface area contributed by atoms with Crippen LogP contribution in [0.4, 0.5) is 18.9 Å². The topological polar surface area (TPSA) is 109 Å². The highest BCUT2D eigenvalue weighted by Gasteiger charge is 2.31. The normalized spacial score (nSPS) is 12.2. The molecule has 164 valence electrons. The molecule has 0 fully saturated rings. The highest BCUT2D eigenvalue weighted by molar-refractivity contribution is 7.89. The van der Waals surface area contributed by atoms with Crippen LogP contribution >= 0.6 is 0 Å². The van der Waals surface area contributed by atoms with Crippen molar-refractivity contribution in [3.8, 4) is 5.75 Å². The van der Waals surface area contributed by atoms with Gasteiger partial charge >= 0.3 is 6.36 Å². The van der Waals surface area contributed by atoms with E-state index in [1.807, 2.05) is 0 Å². The monoisotopic (exact) mass is 455 g/mol. The Labute approximate surface area is 174 Å². The molecule has 0 unspecified atom stereocenters. The number of aromatic nitrogens is 1. The fourth-order valence-electron chi connectivity index (χ4n) is 2.70. The molecule has 0 saturated heterocycles. The Morgan fingerprint density at radius 3 is 2.42 bits per heavy atom. The number of fused-ring (bicyclic) bond motifs is 1. The molecule has 8 nitrogen and oxygen atoms in total. The zero-order chi connectivity index (χ0) is 22.8. The summed E-state index contributed by atoms with van der Waals surface area (Å²) >= 11 is 0. The van der Waals surface area contributed by atoms with Crippen molar-refractivity contribution >= 4 is 32.5 Å². The zero-order valence-corrected chi connectivity index (χ0v) is 16.8. The van der Waals surface area contributed by atoms with Gasteiger partial charge in [-0.3, -0.25) is 9.59 Å². The van der Waals surface area contributed by atoms with Gasteiger partial charge in [-0.15, -0.1) is 13.2 Å². The third-order valence-electron chi connectivity index (χ3n) is 4.14. The van der Waals surface area contributed by atoms with Gasteiger partial charge < -0.3 is 15.0 Å². The van der Waals surface area contributed by atoms with Crippen molar-refractivity contribution in [3.05, 3.63) is 65.0 Å². The van der Waals surface area contributed by atoms with E-state index in [9.17, 15) is 31.2 Å². The van der Waals surface area contributed by atoms with Gasteiger partial charge in [-0.05, 0) is 53.9 Å². The minimum absolute atomic E-state index is 0.0731. The van der Waals surface area contributed by atoms with Crippen LogP contribution in [0.2, 0.25) is 0 Å². The molecule has 0 bridgehead atoms. The number of likely N-dealkylation sites (N-methyl/N-ethyl adjacent to an activating group) is 1. The summed E-state index contributed by atoms with van der Waals surface area (Å²) < 4.78 is 66.6. The number of carbonyl (C=O) groups excluding carboxylic acids is 1. The summed E-state index contributed by atoms with van der Waals surface area (Å²) in [5, 5.41) is 2.90. The van der Waals surface area contributed by atoms with Crippen molar-refractivity contribution in [3.63, 3.8) is 0 Å². The number of H-pyrrole nitrogens is 1. The second-order valence-corrected chi connectivity index (χ2v) is 8.50. The third kappa shape index (κ3) is 5.61. The quantitative estimate of drug-likeness (QED) is 0.594. The highest BCUT2D eigenvalue weighted by atomic mass is 32.2. The van der Waals surface area contributed by atoms with Crippen molar-refractivity contribution in [1.82, 2.24) is 9.29 Å². The summed E-state index contributed by atoms with van der Waals surface area (Å²) in [7, 11) is -2.80. The first-order chi connectivity index (χ1) is 14.4. The number of sulfonamides is 1. The van der Waals surface area contributed by atoms with Crippen LogP contribution in [0.1, 0.15) is 0 Å². The Kier molecular flexibility index (Phi) is 6.04. The third-order valence-corrected chi connectivity index (χ3v) is 5.94. The molecule has 12 heteroatoms. The molecule has 0 saturated carbocycles. The first-order valence-corrected chi connectivity index (χ1v) is 10.1. The standard InChI is InChI=1S/C19H16F3N3O5S/c1-25(11-18(27)23-13-3-5-14(6-4-13)30-19(20,21)22)31(28,29)15-7-8-16-12(10-15)2-9-17(26)24-16/h2-10H,11H2,1H3,(H,23,27)(H,24,26). The number of halogens is 3. The van der Waals surface area contributed by atoms with Crippen molar-refractivity contribution in [2.24, 2.45) is 0 Å². The molecule has 0 spiro atoms. The Morgan fingerprint density at radius 1 is 1.10 bits per heavy atom. The number of benzene rings is 2. The van der Waals surface area contributed by atoms with E-state index in [1.165, 1.54) is 49.5 Å². The molecule has 0 atom stereocenters. The van der Waals surface area contributed by atoms with Crippen LogP contribution in [0.5, 0.6) is 5.75 Å². The number of pyridine rings is 1. The molecule has 0 radical (unpaired) electrons. The second-order valence-electron chi connectivity index (χ2n) is 6.45. The largest absolute Gasteiger partial charge is 0.573 e. The summed E-state index contributed by atoms with van der Waals surface area (Å²) in [6, 6.07) is 11.3. The number of rotatable bonds is 6. The molecule has 0 aliphatic rings. The number of amides is 1. The summed E-state index contributed by atoms with van der Waals surface area (Å²) in [4.78, 5) is 26.0. The van der Waals surface area contributed by atoms with E-state index in [1.54, 1.807) is 0 Å². The molecule has 0 aliphatic carbocycles. The number of alkyl halides is 3. The van der Waals surface area contributed by atoms with Gasteiger partial charge in [0.2, 0.25) is 21.5 Å². The molecule has 2 aromatic carbocycles. The van der Waals surface area contributed by atoms with Crippen LogP contribution in [-0.4, -0.2) is 43.6 Å². The molecule has 31 heavy (non-hydrogen) atoms. The summed E-state index contributed by atoms with van der Waals surface area (Å²) in [6.07, 6.45) is -4.83. The Balaban J connectivity index is 1.68. The zero-order valence-electron chi connectivity index (χ0n) is 15.9.